The van der Waals surface area contributed by atoms with Gasteiger partial charge in [-0.25, -0.2) is 4.79 Å². The molecule has 0 aromatic heterocycles. The number of allylic oxidation sites excluding steroid dienone is 1. The minimum atomic E-state index is -1.14. The average molecular weight is 654 g/mol. The van der Waals surface area contributed by atoms with E-state index in [1.54, 1.807) is 52.8 Å². The van der Waals surface area contributed by atoms with Crippen molar-refractivity contribution in [2.75, 3.05) is 6.54 Å². The van der Waals surface area contributed by atoms with Crippen LogP contribution < -0.4 is 21.7 Å². The molecule has 12 heteroatoms. The van der Waals surface area contributed by atoms with Crippen LogP contribution in [-0.4, -0.2) is 76.0 Å². The molecule has 1 heterocycles. The van der Waals surface area contributed by atoms with E-state index in [-0.39, 0.29) is 42.0 Å². The number of carbonyl (C=O) groups is 6. The lowest BCUT2D eigenvalue weighted by atomic mass is 9.74. The zero-order valence-electron chi connectivity index (χ0n) is 28.6. The third-order valence-corrected chi connectivity index (χ3v) is 9.37. The van der Waals surface area contributed by atoms with Crippen molar-refractivity contribution in [2.24, 2.45) is 34.3 Å². The van der Waals surface area contributed by atoms with E-state index in [0.29, 0.717) is 6.42 Å². The molecule has 2 fully saturated rings. The second kappa shape index (κ2) is 14.7. The number of phenolic OH excluding ortho intramolecular Hbond substituents is 1. The summed E-state index contributed by atoms with van der Waals surface area (Å²) in [5.41, 5.74) is 3.95. The van der Waals surface area contributed by atoms with E-state index in [1.165, 1.54) is 17.0 Å². The van der Waals surface area contributed by atoms with Gasteiger partial charge in [-0.3, -0.25) is 24.0 Å². The number of benzene rings is 1. The molecular weight excluding hydrogens is 602 g/mol. The van der Waals surface area contributed by atoms with Crippen LogP contribution in [0.5, 0.6) is 5.75 Å². The average Bonchev–Trinajstić information content (AvgIpc) is 3.69. The van der Waals surface area contributed by atoms with Crippen molar-refractivity contribution in [2.45, 2.75) is 98.3 Å². The summed E-state index contributed by atoms with van der Waals surface area (Å²) in [6.07, 6.45) is 4.23. The van der Waals surface area contributed by atoms with Gasteiger partial charge in [0.2, 0.25) is 17.6 Å². The van der Waals surface area contributed by atoms with Crippen molar-refractivity contribution in [3.63, 3.8) is 0 Å². The third-order valence-electron chi connectivity index (χ3n) is 9.37. The van der Waals surface area contributed by atoms with Crippen molar-refractivity contribution in [1.29, 1.82) is 0 Å². The Morgan fingerprint density at radius 2 is 1.62 bits per heavy atom. The van der Waals surface area contributed by atoms with Crippen LogP contribution >= 0.6 is 0 Å². The van der Waals surface area contributed by atoms with Gasteiger partial charge >= 0.3 is 6.03 Å². The molecule has 12 nitrogen and oxygen atoms in total. The number of Topliss-reactive ketones (excluding diaryl/α,β-unsaturated/α-hetero) is 2. The number of nitrogens with two attached hydrogens (primary N) is 1. The lowest BCUT2D eigenvalue weighted by Crippen LogP contribution is -2.62. The Kier molecular flexibility index (Phi) is 11.6. The summed E-state index contributed by atoms with van der Waals surface area (Å²) in [5, 5.41) is 18.4. The number of rotatable bonds is 14. The van der Waals surface area contributed by atoms with Crippen LogP contribution in [0, 0.1) is 28.6 Å². The van der Waals surface area contributed by atoms with Gasteiger partial charge in [0.15, 0.2) is 5.78 Å². The highest BCUT2D eigenvalue weighted by molar-refractivity contribution is 6.37. The predicted octanol–water partition coefficient (Wildman–Crippen LogP) is 3.08. The summed E-state index contributed by atoms with van der Waals surface area (Å²) >= 11 is 0. The van der Waals surface area contributed by atoms with Gasteiger partial charge in [-0.15, -0.1) is 6.58 Å². The molecule has 3 rings (SSSR count). The molecule has 1 saturated heterocycles. The number of nitrogens with zero attached hydrogens (tertiary/aromatic N) is 1. The van der Waals surface area contributed by atoms with E-state index in [1.807, 2.05) is 13.8 Å². The summed E-state index contributed by atoms with van der Waals surface area (Å²) in [4.78, 5) is 81.1. The molecule has 1 saturated carbocycles. The lowest BCUT2D eigenvalue weighted by molar-refractivity contribution is -0.144. The SMILES string of the molecule is C=CC(C)(C)[C@H]1CCN(C(=O)[C@@H](NC(=O)N[C@H](C(=O)c2ccccc2O)C(C)C)C(C)(C)C)[C@@H]1C(=O)NC(CC1CC1)C(=O)C(N)=O. The molecule has 6 N–H and O–H groups in total. The van der Waals surface area contributed by atoms with Crippen LogP contribution in [0.1, 0.15) is 84.5 Å². The van der Waals surface area contributed by atoms with Crippen molar-refractivity contribution in [3.8, 4) is 5.75 Å². The zero-order valence-corrected chi connectivity index (χ0v) is 28.6. The van der Waals surface area contributed by atoms with Crippen molar-refractivity contribution < 1.29 is 33.9 Å². The Morgan fingerprint density at radius 1 is 1.00 bits per heavy atom. The van der Waals surface area contributed by atoms with Crippen LogP contribution in [0.2, 0.25) is 0 Å². The summed E-state index contributed by atoms with van der Waals surface area (Å²) in [6.45, 7) is 16.8. The third kappa shape index (κ3) is 8.99. The topological polar surface area (TPSA) is 188 Å². The number of hydrogen-bond donors (Lipinski definition) is 5. The maximum atomic E-state index is 14.4. The molecule has 1 aromatic carbocycles. The van der Waals surface area contributed by atoms with Crippen molar-refractivity contribution in [3.05, 3.63) is 42.5 Å². The second-order valence-electron chi connectivity index (χ2n) is 14.9. The largest absolute Gasteiger partial charge is 0.507 e. The number of likely N-dealkylation sites (tertiary alicyclic amines) is 1. The van der Waals surface area contributed by atoms with Crippen LogP contribution in [0.25, 0.3) is 0 Å². The number of nitrogens with one attached hydrogen (secondary N) is 3. The summed E-state index contributed by atoms with van der Waals surface area (Å²) < 4.78 is 0. The first-order valence-electron chi connectivity index (χ1n) is 16.3. The standard InChI is InChI=1S/C35H51N5O7/c1-9-35(7,8)22-16-17-40(26(22)31(45)37-23(18-20-14-15-20)28(43)30(36)44)32(46)29(34(4,5)6)39-33(47)38-25(19(2)3)27(42)21-12-10-11-13-24(21)41/h9-13,19-20,22-23,25-26,29,41H,1,14-18H2,2-8H3,(H2,36,44)(H,37,45)(H2,38,39,47)/t22-,23?,25-,26-,29+/m0/s1. The number of phenols is 1. The fourth-order valence-electron chi connectivity index (χ4n) is 6.15. The van der Waals surface area contributed by atoms with Gasteiger partial charge in [-0.2, -0.15) is 0 Å². The number of para-hydroxylation sites is 1. The van der Waals surface area contributed by atoms with Gasteiger partial charge < -0.3 is 31.7 Å². The van der Waals surface area contributed by atoms with Gasteiger partial charge in [-0.1, -0.05) is 79.5 Å². The Bertz CT molecular complexity index is 1390. The fraction of sp³-hybridized carbons (Fsp3) is 0.600. The molecule has 1 aliphatic carbocycles. The molecule has 0 bridgehead atoms. The number of primary amides is 1. The molecule has 0 radical (unpaired) electrons. The fourth-order valence-corrected chi connectivity index (χ4v) is 6.15. The number of carbonyl (C=O) groups excluding carboxylic acids is 6. The number of amides is 5. The number of ketones is 2. The van der Waals surface area contributed by atoms with Gasteiger partial charge in [0.05, 0.1) is 17.6 Å². The maximum absolute atomic E-state index is 14.4. The zero-order chi connectivity index (χ0) is 35.4. The van der Waals surface area contributed by atoms with Crippen LogP contribution in [-0.2, 0) is 19.2 Å². The highest BCUT2D eigenvalue weighted by Gasteiger charge is 2.51. The lowest BCUT2D eigenvalue weighted by Gasteiger charge is -2.39. The van der Waals surface area contributed by atoms with E-state index in [2.05, 4.69) is 22.5 Å². The minimum absolute atomic E-state index is 0.0616. The van der Waals surface area contributed by atoms with E-state index in [9.17, 15) is 33.9 Å². The van der Waals surface area contributed by atoms with Gasteiger partial charge in [0.1, 0.15) is 17.8 Å². The Morgan fingerprint density at radius 3 is 2.13 bits per heavy atom. The van der Waals surface area contributed by atoms with E-state index in [0.717, 1.165) is 12.8 Å². The van der Waals surface area contributed by atoms with Gasteiger partial charge in [-0.05, 0) is 53.6 Å². The monoisotopic (exact) mass is 653 g/mol. The first-order valence-corrected chi connectivity index (χ1v) is 16.3. The second-order valence-corrected chi connectivity index (χ2v) is 14.9. The smallest absolute Gasteiger partial charge is 0.316 e. The quantitative estimate of drug-likeness (QED) is 0.116. The minimum Gasteiger partial charge on any atom is -0.507 e. The molecule has 5 amide bonds. The number of urea groups is 1. The summed E-state index contributed by atoms with van der Waals surface area (Å²) in [5.74, 6) is -4.34. The van der Waals surface area contributed by atoms with Gasteiger partial charge in [0.25, 0.3) is 5.91 Å². The molecule has 5 atom stereocenters. The van der Waals surface area contributed by atoms with Crippen LogP contribution in [0.15, 0.2) is 36.9 Å². The Labute approximate surface area is 277 Å². The maximum Gasteiger partial charge on any atom is 0.316 e. The van der Waals surface area contributed by atoms with Gasteiger partial charge in [0, 0.05) is 6.54 Å². The highest BCUT2D eigenvalue weighted by atomic mass is 16.3. The predicted molar refractivity (Wildman–Crippen MR) is 177 cm³/mol. The molecule has 1 aliphatic heterocycles. The summed E-state index contributed by atoms with van der Waals surface area (Å²) in [6, 6.07) is 1.04. The molecule has 0 spiro atoms. The summed E-state index contributed by atoms with van der Waals surface area (Å²) in [7, 11) is 0. The molecule has 2 aliphatic rings. The normalized spacial score (nSPS) is 20.1. The van der Waals surface area contributed by atoms with E-state index >= 15 is 0 Å². The van der Waals surface area contributed by atoms with Crippen LogP contribution in [0.3, 0.4) is 0 Å². The highest BCUT2D eigenvalue weighted by Crippen LogP contribution is 2.41. The molecule has 258 valence electrons. The molecule has 47 heavy (non-hydrogen) atoms. The number of hydrogen-bond acceptors (Lipinski definition) is 7. The molecular formula is C35H51N5O7. The Hall–Kier alpha value is -4.22. The van der Waals surface area contributed by atoms with E-state index in [4.69, 9.17) is 5.73 Å². The first-order chi connectivity index (χ1) is 21.8. The molecule has 1 unspecified atom stereocenters. The van der Waals surface area contributed by atoms with Crippen molar-refractivity contribution >= 4 is 35.3 Å². The first kappa shape index (κ1) is 37.2. The number of aromatic hydroxyl groups is 1. The molecule has 1 aromatic rings. The van der Waals surface area contributed by atoms with Crippen LogP contribution in [0.4, 0.5) is 4.79 Å². The van der Waals surface area contributed by atoms with E-state index < -0.39 is 70.3 Å². The van der Waals surface area contributed by atoms with Crippen molar-refractivity contribution in [1.82, 2.24) is 20.9 Å². The Balaban J connectivity index is 1.90.